The lowest BCUT2D eigenvalue weighted by Gasteiger charge is -2.36. The van der Waals surface area contributed by atoms with Crippen LogP contribution in [0.25, 0.3) is 82.4 Å². The number of fused-ring (bicyclic) bond motifs is 11. The van der Waals surface area contributed by atoms with Crippen LogP contribution in [0.15, 0.2) is 175 Å². The van der Waals surface area contributed by atoms with E-state index in [2.05, 4.69) is 191 Å². The number of allylic oxidation sites excluding steroid dienone is 2. The van der Waals surface area contributed by atoms with Crippen molar-refractivity contribution in [2.45, 2.75) is 6.04 Å². The third-order valence-corrected chi connectivity index (χ3v) is 10.9. The van der Waals surface area contributed by atoms with Crippen LogP contribution in [0, 0.1) is 0 Å². The van der Waals surface area contributed by atoms with Gasteiger partial charge in [-0.25, -0.2) is 4.99 Å². The molecule has 0 spiro atoms. The van der Waals surface area contributed by atoms with Crippen LogP contribution >= 0.6 is 0 Å². The van der Waals surface area contributed by atoms with Gasteiger partial charge in [0.15, 0.2) is 5.82 Å². The van der Waals surface area contributed by atoms with Crippen LogP contribution in [0.2, 0.25) is 0 Å². The topological polar surface area (TPSA) is 25.5 Å². The van der Waals surface area contributed by atoms with Gasteiger partial charge in [-0.15, -0.1) is 0 Å². The van der Waals surface area contributed by atoms with Crippen molar-refractivity contribution in [1.29, 1.82) is 0 Å². The second kappa shape index (κ2) is 10.7. The highest BCUT2D eigenvalue weighted by atomic mass is 15.2. The van der Waals surface area contributed by atoms with Crippen LogP contribution in [0.3, 0.4) is 0 Å². The second-order valence-corrected chi connectivity index (χ2v) is 13.6. The van der Waals surface area contributed by atoms with E-state index in [-0.39, 0.29) is 6.04 Å². The lowest BCUT2D eigenvalue weighted by molar-refractivity contribution is 0.475. The van der Waals surface area contributed by atoms with E-state index in [0.29, 0.717) is 0 Å². The first kappa shape index (κ1) is 28.2. The Morgan fingerprint density at radius 1 is 0.510 bits per heavy atom. The fraction of sp³-hybridized carbons (Fsp3) is 0.0426. The van der Waals surface area contributed by atoms with Crippen molar-refractivity contribution in [3.05, 3.63) is 175 Å². The zero-order valence-corrected chi connectivity index (χ0v) is 28.0. The molecule has 4 heteroatoms. The minimum atomic E-state index is 0.0270. The molecule has 3 heterocycles. The molecule has 51 heavy (non-hydrogen) atoms. The predicted octanol–water partition coefficient (Wildman–Crippen LogP) is 11.4. The number of benzene rings is 7. The Kier molecular flexibility index (Phi) is 5.90. The molecule has 11 rings (SSSR count). The highest BCUT2D eigenvalue weighted by Gasteiger charge is 2.32. The largest absolute Gasteiger partial charge is 0.359 e. The van der Waals surface area contributed by atoms with Crippen LogP contribution in [-0.4, -0.2) is 32.8 Å². The number of likely N-dealkylation sites (N-methyl/N-ethyl adjacent to an activating group) is 1. The monoisotopic (exact) mass is 652 g/mol. The Balaban J connectivity index is 1.29. The highest BCUT2D eigenvalue weighted by Crippen LogP contribution is 2.44. The van der Waals surface area contributed by atoms with E-state index >= 15 is 0 Å². The summed E-state index contributed by atoms with van der Waals surface area (Å²) in [5.41, 5.74) is 9.08. The van der Waals surface area contributed by atoms with Gasteiger partial charge >= 0.3 is 0 Å². The number of hydrogen-bond donors (Lipinski definition) is 0. The van der Waals surface area contributed by atoms with Crippen LogP contribution < -0.4 is 0 Å². The fourth-order valence-corrected chi connectivity index (χ4v) is 8.66. The van der Waals surface area contributed by atoms with Crippen molar-refractivity contribution in [2.75, 3.05) is 7.05 Å². The Morgan fingerprint density at radius 2 is 1.14 bits per heavy atom. The molecule has 9 aromatic rings. The lowest BCUT2D eigenvalue weighted by atomic mass is 9.99. The molecule has 0 radical (unpaired) electrons. The summed E-state index contributed by atoms with van der Waals surface area (Å²) in [7, 11) is 2.22. The van der Waals surface area contributed by atoms with Crippen LogP contribution in [0.1, 0.15) is 5.56 Å². The van der Waals surface area contributed by atoms with Gasteiger partial charge in [-0.05, 0) is 64.0 Å². The maximum Gasteiger partial charge on any atom is 0.162 e. The van der Waals surface area contributed by atoms with Crippen LogP contribution in [0.5, 0.6) is 0 Å². The van der Waals surface area contributed by atoms with Gasteiger partial charge in [-0.2, -0.15) is 0 Å². The molecule has 1 aliphatic heterocycles. The van der Waals surface area contributed by atoms with Gasteiger partial charge in [0.2, 0.25) is 0 Å². The fourth-order valence-electron chi connectivity index (χ4n) is 8.66. The van der Waals surface area contributed by atoms with Gasteiger partial charge in [0, 0.05) is 39.8 Å². The third kappa shape index (κ3) is 3.99. The number of aromatic nitrogens is 2. The number of nitrogens with zero attached hydrogens (tertiary/aromatic N) is 4. The molecule has 0 saturated carbocycles. The standard InChI is InChI=1S/C47H32N4/c1-49-40-22-12-10-20-38(40)48-47(46(49)32-23-26-37-36-19-9-11-21-39(36)50(43(37)29-32)33-15-3-2-4-16-33)51-41-27-24-30-13-5-7-17-34(30)44(41)45-35-18-8-6-14-31(35)25-28-42(45)51/h2-29,40H,1H3. The summed E-state index contributed by atoms with van der Waals surface area (Å²) < 4.78 is 4.82. The van der Waals surface area contributed by atoms with Crippen molar-refractivity contribution in [3.63, 3.8) is 0 Å². The van der Waals surface area contributed by atoms with Crippen molar-refractivity contribution >= 4 is 82.4 Å². The maximum atomic E-state index is 5.59. The Hall–Kier alpha value is -6.65. The molecule has 1 aliphatic carbocycles. The SMILES string of the molecule is CN1C(c2ccc3c4ccccc4n(-c4ccccc4)c3c2)=C(n2c3ccc4ccccc4c3c3c4ccccc4ccc32)N=C2C=CC=CC21. The highest BCUT2D eigenvalue weighted by molar-refractivity contribution is 6.29. The van der Waals surface area contributed by atoms with Gasteiger partial charge in [0.25, 0.3) is 0 Å². The average Bonchev–Trinajstić information content (AvgIpc) is 3.71. The average molecular weight is 653 g/mol. The summed E-state index contributed by atoms with van der Waals surface area (Å²) in [6, 6.07) is 53.0. The zero-order valence-electron chi connectivity index (χ0n) is 28.0. The predicted molar refractivity (Wildman–Crippen MR) is 216 cm³/mol. The number of hydrogen-bond acceptors (Lipinski definition) is 2. The first-order chi connectivity index (χ1) is 25.2. The molecule has 240 valence electrons. The quantitative estimate of drug-likeness (QED) is 0.186. The van der Waals surface area contributed by atoms with Crippen LogP contribution in [0.4, 0.5) is 0 Å². The minimum Gasteiger partial charge on any atom is -0.359 e. The molecule has 4 nitrogen and oxygen atoms in total. The van der Waals surface area contributed by atoms with Crippen LogP contribution in [-0.2, 0) is 0 Å². The smallest absolute Gasteiger partial charge is 0.162 e. The summed E-state index contributed by atoms with van der Waals surface area (Å²) >= 11 is 0. The Bertz CT molecular complexity index is 2950. The maximum absolute atomic E-state index is 5.59. The minimum absolute atomic E-state index is 0.0270. The summed E-state index contributed by atoms with van der Waals surface area (Å²) in [6.45, 7) is 0. The van der Waals surface area contributed by atoms with E-state index in [1.54, 1.807) is 0 Å². The van der Waals surface area contributed by atoms with Gasteiger partial charge in [-0.1, -0.05) is 127 Å². The van der Waals surface area contributed by atoms with Gasteiger partial charge in [-0.3, -0.25) is 4.57 Å². The Labute approximate surface area is 294 Å². The molecule has 0 amide bonds. The van der Waals surface area contributed by atoms with E-state index in [1.165, 1.54) is 54.1 Å². The van der Waals surface area contributed by atoms with Crippen molar-refractivity contribution < 1.29 is 0 Å². The van der Waals surface area contributed by atoms with E-state index in [0.717, 1.165) is 39.5 Å². The summed E-state index contributed by atoms with van der Waals surface area (Å²) in [5, 5.41) is 9.97. The number of aliphatic imine (C=N–C) groups is 1. The molecule has 1 atom stereocenters. The first-order valence-corrected chi connectivity index (χ1v) is 17.6. The van der Waals surface area contributed by atoms with Crippen molar-refractivity contribution in [1.82, 2.24) is 14.0 Å². The molecule has 2 aromatic heterocycles. The van der Waals surface area contributed by atoms with E-state index < -0.39 is 0 Å². The number of para-hydroxylation sites is 2. The molecule has 2 aliphatic rings. The molecule has 0 saturated heterocycles. The summed E-state index contributed by atoms with van der Waals surface area (Å²) in [6.07, 6.45) is 8.65. The Morgan fingerprint density at radius 3 is 1.86 bits per heavy atom. The molecular formula is C47H32N4. The van der Waals surface area contributed by atoms with Gasteiger partial charge in [0.05, 0.1) is 39.5 Å². The van der Waals surface area contributed by atoms with E-state index in [4.69, 9.17) is 4.99 Å². The molecule has 0 bridgehead atoms. The third-order valence-electron chi connectivity index (χ3n) is 10.9. The van der Waals surface area contributed by atoms with Gasteiger partial charge in [0.1, 0.15) is 0 Å². The summed E-state index contributed by atoms with van der Waals surface area (Å²) in [5.74, 6) is 0.927. The normalized spacial score (nSPS) is 16.0. The molecule has 1 unspecified atom stereocenters. The van der Waals surface area contributed by atoms with E-state index in [9.17, 15) is 0 Å². The van der Waals surface area contributed by atoms with Crippen molar-refractivity contribution in [2.24, 2.45) is 4.99 Å². The van der Waals surface area contributed by atoms with E-state index in [1.807, 2.05) is 0 Å². The molecule has 0 fully saturated rings. The first-order valence-electron chi connectivity index (χ1n) is 17.6. The number of rotatable bonds is 3. The molecular weight excluding hydrogens is 621 g/mol. The molecule has 0 N–H and O–H groups in total. The van der Waals surface area contributed by atoms with Crippen molar-refractivity contribution in [3.8, 4) is 5.69 Å². The van der Waals surface area contributed by atoms with Gasteiger partial charge < -0.3 is 9.47 Å². The second-order valence-electron chi connectivity index (χ2n) is 13.6. The molecule has 7 aromatic carbocycles. The zero-order chi connectivity index (χ0) is 33.6. The lowest BCUT2D eigenvalue weighted by Crippen LogP contribution is -2.39. The summed E-state index contributed by atoms with van der Waals surface area (Å²) in [4.78, 5) is 8.00.